The smallest absolute Gasteiger partial charge is 0.335 e. The van der Waals surface area contributed by atoms with Crippen molar-refractivity contribution in [3.05, 3.63) is 59.4 Å². The van der Waals surface area contributed by atoms with E-state index in [0.717, 1.165) is 18.7 Å². The van der Waals surface area contributed by atoms with Crippen LogP contribution in [0.1, 0.15) is 15.9 Å². The number of aromatic carboxylic acids is 1. The van der Waals surface area contributed by atoms with E-state index in [4.69, 9.17) is 9.84 Å². The molecular weight excluding hydrogens is 323 g/mol. The molecule has 3 rings (SSSR count). The lowest BCUT2D eigenvalue weighted by Gasteiger charge is -2.36. The Hall–Kier alpha value is -2.60. The molecule has 0 amide bonds. The highest BCUT2D eigenvalue weighted by Crippen LogP contribution is 2.31. The summed E-state index contributed by atoms with van der Waals surface area (Å²) in [6, 6.07) is 11.8. The molecule has 1 aliphatic heterocycles. The minimum atomic E-state index is -0.918. The summed E-state index contributed by atoms with van der Waals surface area (Å²) < 4.78 is 19.5. The van der Waals surface area contributed by atoms with Crippen molar-refractivity contribution >= 4 is 11.7 Å². The third-order valence-corrected chi connectivity index (χ3v) is 4.44. The van der Waals surface area contributed by atoms with Gasteiger partial charge in [-0.1, -0.05) is 18.2 Å². The molecule has 1 aliphatic rings. The molecule has 1 saturated heterocycles. The van der Waals surface area contributed by atoms with Crippen LogP contribution in [0.4, 0.5) is 10.1 Å². The summed E-state index contributed by atoms with van der Waals surface area (Å²) in [7, 11) is 1.55. The van der Waals surface area contributed by atoms with E-state index >= 15 is 0 Å². The number of piperazine rings is 1. The predicted molar refractivity (Wildman–Crippen MR) is 93.8 cm³/mol. The highest BCUT2D eigenvalue weighted by molar-refractivity contribution is 5.87. The number of rotatable bonds is 5. The zero-order valence-electron chi connectivity index (χ0n) is 14.1. The van der Waals surface area contributed by atoms with Gasteiger partial charge in [0.15, 0.2) is 0 Å². The largest absolute Gasteiger partial charge is 0.494 e. The van der Waals surface area contributed by atoms with E-state index in [1.54, 1.807) is 37.4 Å². The zero-order valence-corrected chi connectivity index (χ0v) is 14.1. The van der Waals surface area contributed by atoms with Gasteiger partial charge in [-0.2, -0.15) is 0 Å². The number of para-hydroxylation sites is 1. The number of hydrogen-bond donors (Lipinski definition) is 1. The number of anilines is 1. The second-order valence-electron chi connectivity index (χ2n) is 6.06. The van der Waals surface area contributed by atoms with Crippen LogP contribution < -0.4 is 9.64 Å². The Kier molecular flexibility index (Phi) is 5.19. The van der Waals surface area contributed by atoms with Crippen LogP contribution in [0.5, 0.6) is 5.75 Å². The predicted octanol–water partition coefficient (Wildman–Crippen LogP) is 2.85. The number of carboxylic acids is 1. The molecule has 2 aromatic carbocycles. The summed E-state index contributed by atoms with van der Waals surface area (Å²) in [5.41, 5.74) is 1.78. The Morgan fingerprint density at radius 1 is 1.16 bits per heavy atom. The number of hydrogen-bond acceptors (Lipinski definition) is 4. The lowest BCUT2D eigenvalue weighted by Crippen LogP contribution is -2.46. The van der Waals surface area contributed by atoms with Gasteiger partial charge in [-0.15, -0.1) is 0 Å². The van der Waals surface area contributed by atoms with Crippen molar-refractivity contribution in [2.45, 2.75) is 6.54 Å². The third-order valence-electron chi connectivity index (χ3n) is 4.44. The van der Waals surface area contributed by atoms with Gasteiger partial charge in [-0.05, 0) is 29.8 Å². The standard InChI is InChI=1S/C19H21FN2O3/c1-25-17-7-3-6-16(20)18(17)22-10-8-21(9-11-22)13-14-4-2-5-15(12-14)19(23)24/h2-7,12H,8-11,13H2,1H3,(H,23,24). The molecule has 5 nitrogen and oxygen atoms in total. The van der Waals surface area contributed by atoms with Crippen LogP contribution in [0.25, 0.3) is 0 Å². The highest BCUT2D eigenvalue weighted by atomic mass is 19.1. The molecule has 25 heavy (non-hydrogen) atoms. The first-order valence-corrected chi connectivity index (χ1v) is 8.20. The number of halogens is 1. The van der Waals surface area contributed by atoms with Crippen LogP contribution in [-0.2, 0) is 6.54 Å². The summed E-state index contributed by atoms with van der Waals surface area (Å²) in [4.78, 5) is 15.3. The van der Waals surface area contributed by atoms with Crippen LogP contribution in [0.15, 0.2) is 42.5 Å². The molecule has 2 aromatic rings. The van der Waals surface area contributed by atoms with E-state index in [2.05, 4.69) is 4.90 Å². The van der Waals surface area contributed by atoms with Crippen LogP contribution in [-0.4, -0.2) is 49.3 Å². The molecule has 6 heteroatoms. The van der Waals surface area contributed by atoms with E-state index in [0.29, 0.717) is 36.6 Å². The molecule has 0 aliphatic carbocycles. The SMILES string of the molecule is COc1cccc(F)c1N1CCN(Cc2cccc(C(=O)O)c2)CC1. The molecule has 1 heterocycles. The van der Waals surface area contributed by atoms with Crippen LogP contribution in [0.2, 0.25) is 0 Å². The summed E-state index contributed by atoms with van der Waals surface area (Å²) in [6.45, 7) is 3.61. The van der Waals surface area contributed by atoms with Crippen molar-refractivity contribution in [3.8, 4) is 5.75 Å². The van der Waals surface area contributed by atoms with Gasteiger partial charge in [0.05, 0.1) is 12.7 Å². The quantitative estimate of drug-likeness (QED) is 0.904. The minimum Gasteiger partial charge on any atom is -0.494 e. The molecule has 132 valence electrons. The summed E-state index contributed by atoms with van der Waals surface area (Å²) in [5.74, 6) is -0.650. The molecule has 0 saturated carbocycles. The monoisotopic (exact) mass is 344 g/mol. The van der Waals surface area contributed by atoms with Crippen molar-refractivity contribution < 1.29 is 19.0 Å². The Bertz CT molecular complexity index is 758. The minimum absolute atomic E-state index is 0.276. The normalized spacial score (nSPS) is 15.2. The van der Waals surface area contributed by atoms with Crippen LogP contribution in [0, 0.1) is 5.82 Å². The number of ether oxygens (including phenoxy) is 1. The van der Waals surface area contributed by atoms with Gasteiger partial charge in [0, 0.05) is 32.7 Å². The van der Waals surface area contributed by atoms with E-state index in [-0.39, 0.29) is 5.82 Å². The number of methoxy groups -OCH3 is 1. The van der Waals surface area contributed by atoms with Crippen molar-refractivity contribution in [2.75, 3.05) is 38.2 Å². The van der Waals surface area contributed by atoms with Crippen molar-refractivity contribution in [1.82, 2.24) is 4.90 Å². The van der Waals surface area contributed by atoms with E-state index in [1.165, 1.54) is 6.07 Å². The molecule has 0 spiro atoms. The summed E-state index contributed by atoms with van der Waals surface area (Å²) in [5, 5.41) is 9.08. The zero-order chi connectivity index (χ0) is 17.8. The molecule has 0 atom stereocenters. The Labute approximate surface area is 146 Å². The van der Waals surface area contributed by atoms with Gasteiger partial charge in [0.25, 0.3) is 0 Å². The molecule has 0 aromatic heterocycles. The van der Waals surface area contributed by atoms with Gasteiger partial charge in [0.2, 0.25) is 0 Å². The van der Waals surface area contributed by atoms with Gasteiger partial charge in [0.1, 0.15) is 17.3 Å². The molecule has 0 bridgehead atoms. The maximum absolute atomic E-state index is 14.2. The first-order chi connectivity index (χ1) is 12.1. The van der Waals surface area contributed by atoms with Gasteiger partial charge >= 0.3 is 5.97 Å². The molecule has 1 N–H and O–H groups in total. The molecular formula is C19H21FN2O3. The fourth-order valence-electron chi connectivity index (χ4n) is 3.16. The third kappa shape index (κ3) is 3.91. The Morgan fingerprint density at radius 3 is 2.56 bits per heavy atom. The van der Waals surface area contributed by atoms with Gasteiger partial charge in [-0.25, -0.2) is 9.18 Å². The lowest BCUT2D eigenvalue weighted by atomic mass is 10.1. The number of carboxylic acid groups (broad SMARTS) is 1. The van der Waals surface area contributed by atoms with Gasteiger partial charge < -0.3 is 14.7 Å². The van der Waals surface area contributed by atoms with Crippen LogP contribution in [0.3, 0.4) is 0 Å². The lowest BCUT2D eigenvalue weighted by molar-refractivity contribution is 0.0696. The van der Waals surface area contributed by atoms with Crippen molar-refractivity contribution in [1.29, 1.82) is 0 Å². The van der Waals surface area contributed by atoms with Crippen molar-refractivity contribution in [2.24, 2.45) is 0 Å². The Morgan fingerprint density at radius 2 is 1.88 bits per heavy atom. The maximum atomic E-state index is 14.2. The topological polar surface area (TPSA) is 53.0 Å². The molecule has 0 unspecified atom stereocenters. The molecule has 1 fully saturated rings. The van der Waals surface area contributed by atoms with E-state index in [9.17, 15) is 9.18 Å². The average molecular weight is 344 g/mol. The maximum Gasteiger partial charge on any atom is 0.335 e. The first kappa shape index (κ1) is 17.2. The second-order valence-corrected chi connectivity index (χ2v) is 6.06. The second kappa shape index (κ2) is 7.53. The van der Waals surface area contributed by atoms with E-state index in [1.807, 2.05) is 11.0 Å². The average Bonchev–Trinajstić information content (AvgIpc) is 2.62. The fourth-order valence-corrected chi connectivity index (χ4v) is 3.16. The highest BCUT2D eigenvalue weighted by Gasteiger charge is 2.22. The molecule has 0 radical (unpaired) electrons. The first-order valence-electron chi connectivity index (χ1n) is 8.20. The fraction of sp³-hybridized carbons (Fsp3) is 0.316. The van der Waals surface area contributed by atoms with E-state index < -0.39 is 5.97 Å². The van der Waals surface area contributed by atoms with Crippen LogP contribution >= 0.6 is 0 Å². The number of benzene rings is 2. The number of nitrogens with zero attached hydrogens (tertiary/aromatic N) is 2. The Balaban J connectivity index is 1.65. The van der Waals surface area contributed by atoms with Crippen molar-refractivity contribution in [3.63, 3.8) is 0 Å². The van der Waals surface area contributed by atoms with Gasteiger partial charge in [-0.3, -0.25) is 4.90 Å². The number of carbonyl (C=O) groups is 1. The summed E-state index contributed by atoms with van der Waals surface area (Å²) in [6.07, 6.45) is 0. The summed E-state index contributed by atoms with van der Waals surface area (Å²) >= 11 is 0.